The largest absolute Gasteiger partial charge is 0.380 e. The van der Waals surface area contributed by atoms with Gasteiger partial charge in [-0.25, -0.2) is 9.02 Å². The Hall–Kier alpha value is -2.77. The smallest absolute Gasteiger partial charge is 0.199 e. The van der Waals surface area contributed by atoms with Gasteiger partial charge < -0.3 is 11.5 Å². The van der Waals surface area contributed by atoms with Gasteiger partial charge in [-0.3, -0.25) is 0 Å². The third-order valence-electron chi connectivity index (χ3n) is 2.02. The second kappa shape index (κ2) is 5.04. The zero-order valence-electron chi connectivity index (χ0n) is 9.12. The average Bonchev–Trinajstić information content (AvgIpc) is 2.78. The van der Waals surface area contributed by atoms with Crippen molar-refractivity contribution in [2.24, 2.45) is 15.9 Å². The number of nitrogens with zero attached hydrogens (tertiary/aromatic N) is 4. The Kier molecular flexibility index (Phi) is 3.28. The van der Waals surface area contributed by atoms with Gasteiger partial charge in [0.2, 0.25) is 0 Å². The molecule has 1 aromatic carbocycles. The van der Waals surface area contributed by atoms with Crippen molar-refractivity contribution in [1.29, 1.82) is 0 Å². The number of hydrogen-bond donors (Lipinski definition) is 2. The summed E-state index contributed by atoms with van der Waals surface area (Å²) in [5.41, 5.74) is 11.3. The lowest BCUT2D eigenvalue weighted by atomic mass is 10.2. The molecule has 18 heavy (non-hydrogen) atoms. The van der Waals surface area contributed by atoms with Crippen LogP contribution in [0.4, 0.5) is 10.2 Å². The van der Waals surface area contributed by atoms with Crippen LogP contribution in [0, 0.1) is 5.82 Å². The fourth-order valence-corrected chi connectivity index (χ4v) is 1.15. The average molecular weight is 248 g/mol. The molecule has 1 aromatic heterocycles. The van der Waals surface area contributed by atoms with Crippen LogP contribution in [0.15, 0.2) is 39.1 Å². The first kappa shape index (κ1) is 11.7. The molecule has 0 aliphatic carbocycles. The molecule has 0 aliphatic rings. The zero-order valence-corrected chi connectivity index (χ0v) is 9.12. The van der Waals surface area contributed by atoms with Crippen molar-refractivity contribution in [3.63, 3.8) is 0 Å². The number of anilines is 1. The summed E-state index contributed by atoms with van der Waals surface area (Å²) in [7, 11) is 0. The molecule has 0 saturated heterocycles. The first-order valence-electron chi connectivity index (χ1n) is 4.88. The highest BCUT2D eigenvalue weighted by atomic mass is 19.1. The minimum absolute atomic E-state index is 0.0114. The fourth-order valence-electron chi connectivity index (χ4n) is 1.15. The predicted molar refractivity (Wildman–Crippen MR) is 63.4 cm³/mol. The number of halogens is 1. The fraction of sp³-hybridized carbons (Fsp3) is 0. The van der Waals surface area contributed by atoms with Crippen molar-refractivity contribution in [3.8, 4) is 0 Å². The Balaban J connectivity index is 2.16. The third kappa shape index (κ3) is 2.48. The summed E-state index contributed by atoms with van der Waals surface area (Å²) in [5.74, 6) is -0.462. The number of benzene rings is 1. The van der Waals surface area contributed by atoms with Crippen LogP contribution in [0.5, 0.6) is 0 Å². The van der Waals surface area contributed by atoms with E-state index in [4.69, 9.17) is 11.5 Å². The first-order valence-corrected chi connectivity index (χ1v) is 4.88. The van der Waals surface area contributed by atoms with E-state index in [0.29, 0.717) is 5.56 Å². The predicted octanol–water partition coefficient (Wildman–Crippen LogP) is 0.530. The van der Waals surface area contributed by atoms with Crippen molar-refractivity contribution in [2.75, 3.05) is 5.73 Å². The van der Waals surface area contributed by atoms with Crippen molar-refractivity contribution in [1.82, 2.24) is 10.3 Å². The molecule has 1 heterocycles. The molecule has 0 atom stereocenters. The van der Waals surface area contributed by atoms with E-state index in [2.05, 4.69) is 25.1 Å². The van der Waals surface area contributed by atoms with Gasteiger partial charge in [0.1, 0.15) is 5.82 Å². The maximum atomic E-state index is 13.2. The highest BCUT2D eigenvalue weighted by Crippen LogP contribution is 2.04. The van der Waals surface area contributed by atoms with E-state index in [9.17, 15) is 4.39 Å². The maximum absolute atomic E-state index is 13.2. The number of aromatic nitrogens is 2. The molecule has 0 unspecified atom stereocenters. The van der Waals surface area contributed by atoms with Gasteiger partial charge in [0.15, 0.2) is 17.3 Å². The van der Waals surface area contributed by atoms with Gasteiger partial charge in [-0.15, -0.1) is 5.10 Å². The minimum atomic E-state index is -0.405. The van der Waals surface area contributed by atoms with E-state index in [-0.39, 0.29) is 17.3 Å². The molecule has 0 spiro atoms. The number of nitrogen functional groups attached to an aromatic ring is 1. The van der Waals surface area contributed by atoms with E-state index >= 15 is 0 Å². The van der Waals surface area contributed by atoms with Crippen LogP contribution in [-0.4, -0.2) is 22.4 Å². The summed E-state index contributed by atoms with van der Waals surface area (Å²) < 4.78 is 17.6. The summed E-state index contributed by atoms with van der Waals surface area (Å²) in [6, 6.07) is 6.12. The van der Waals surface area contributed by atoms with Crippen molar-refractivity contribution in [2.45, 2.75) is 0 Å². The van der Waals surface area contributed by atoms with Gasteiger partial charge in [-0.1, -0.05) is 18.2 Å². The molecule has 0 aliphatic heterocycles. The second-order valence-corrected chi connectivity index (χ2v) is 3.25. The lowest BCUT2D eigenvalue weighted by Crippen LogP contribution is -2.15. The van der Waals surface area contributed by atoms with E-state index in [1.807, 2.05) is 0 Å². The molecule has 2 aromatic rings. The van der Waals surface area contributed by atoms with Crippen LogP contribution < -0.4 is 11.5 Å². The maximum Gasteiger partial charge on any atom is 0.199 e. The minimum Gasteiger partial charge on any atom is -0.380 e. The number of nitrogens with two attached hydrogens (primary N) is 2. The van der Waals surface area contributed by atoms with Crippen LogP contribution in [0.2, 0.25) is 0 Å². The molecule has 92 valence electrons. The van der Waals surface area contributed by atoms with Gasteiger partial charge >= 0.3 is 0 Å². The van der Waals surface area contributed by atoms with Gasteiger partial charge in [0.25, 0.3) is 0 Å². The van der Waals surface area contributed by atoms with E-state index in [1.165, 1.54) is 12.3 Å². The molecule has 4 N–H and O–H groups in total. The molecule has 0 radical (unpaired) electrons. The van der Waals surface area contributed by atoms with E-state index < -0.39 is 5.82 Å². The molecule has 8 heteroatoms. The Morgan fingerprint density at radius 3 is 2.78 bits per heavy atom. The summed E-state index contributed by atoms with van der Waals surface area (Å²) in [6.45, 7) is 0. The Morgan fingerprint density at radius 1 is 1.33 bits per heavy atom. The summed E-state index contributed by atoms with van der Waals surface area (Å²) in [5, 5.41) is 14.0. The first-order chi connectivity index (χ1) is 8.68. The number of amidine groups is 1. The van der Waals surface area contributed by atoms with Crippen molar-refractivity contribution in [3.05, 3.63) is 41.3 Å². The molecule has 0 fully saturated rings. The quantitative estimate of drug-likeness (QED) is 0.467. The monoisotopic (exact) mass is 248 g/mol. The molecule has 2 rings (SSSR count). The Morgan fingerprint density at radius 2 is 2.11 bits per heavy atom. The highest BCUT2D eigenvalue weighted by Gasteiger charge is 2.09. The second-order valence-electron chi connectivity index (χ2n) is 3.25. The van der Waals surface area contributed by atoms with Crippen molar-refractivity contribution < 1.29 is 9.02 Å². The van der Waals surface area contributed by atoms with E-state index in [0.717, 1.165) is 0 Å². The summed E-state index contributed by atoms with van der Waals surface area (Å²) in [4.78, 5) is 0. The van der Waals surface area contributed by atoms with Gasteiger partial charge in [-0.2, -0.15) is 5.10 Å². The lowest BCUT2D eigenvalue weighted by molar-refractivity contribution is 0.308. The van der Waals surface area contributed by atoms with Gasteiger partial charge in [-0.05, 0) is 16.4 Å². The van der Waals surface area contributed by atoms with Crippen molar-refractivity contribution >= 4 is 17.9 Å². The Bertz CT molecular complexity index is 606. The standard InChI is InChI=1S/C10H9FN6O/c11-7-4-2-1-3-6(7)5-14-15-9(12)8-10(13)17-18-16-8/h1-5H,(H2,12,15)(H2,13,17)/b14-5+. The van der Waals surface area contributed by atoms with Crippen LogP contribution in [0.3, 0.4) is 0 Å². The van der Waals surface area contributed by atoms with Crippen LogP contribution >= 0.6 is 0 Å². The normalized spacial score (nSPS) is 12.2. The van der Waals surface area contributed by atoms with Gasteiger partial charge in [0.05, 0.1) is 6.21 Å². The SMILES string of the molecule is N/C(=N\N=C\c1ccccc1F)c1nonc1N. The van der Waals surface area contributed by atoms with Crippen LogP contribution in [0.25, 0.3) is 0 Å². The van der Waals surface area contributed by atoms with Gasteiger partial charge in [0, 0.05) is 5.56 Å². The molecular weight excluding hydrogens is 239 g/mol. The third-order valence-corrected chi connectivity index (χ3v) is 2.02. The number of hydrogen-bond acceptors (Lipinski definition) is 6. The molecule has 0 saturated carbocycles. The van der Waals surface area contributed by atoms with Crippen LogP contribution in [0.1, 0.15) is 11.3 Å². The molecule has 7 nitrogen and oxygen atoms in total. The Labute approximate surface area is 101 Å². The zero-order chi connectivity index (χ0) is 13.0. The highest BCUT2D eigenvalue weighted by molar-refractivity contribution is 5.99. The van der Waals surface area contributed by atoms with E-state index in [1.54, 1.807) is 18.2 Å². The topological polar surface area (TPSA) is 116 Å². The van der Waals surface area contributed by atoms with Crippen LogP contribution in [-0.2, 0) is 0 Å². The molecule has 0 bridgehead atoms. The molecule has 0 amide bonds. The lowest BCUT2D eigenvalue weighted by Gasteiger charge is -1.93. The number of rotatable bonds is 3. The molecular formula is C10H9FN6O. The summed E-state index contributed by atoms with van der Waals surface area (Å²) in [6.07, 6.45) is 1.23. The summed E-state index contributed by atoms with van der Waals surface area (Å²) >= 11 is 0.